The van der Waals surface area contributed by atoms with E-state index < -0.39 is 0 Å². The van der Waals surface area contributed by atoms with Crippen LogP contribution in [0.25, 0.3) is 0 Å². The van der Waals surface area contributed by atoms with Crippen LogP contribution in [0.15, 0.2) is 0 Å². The van der Waals surface area contributed by atoms with Gasteiger partial charge in [-0.15, -0.1) is 0 Å². The molecule has 0 heterocycles. The standard InChI is InChI=1S/C8H15N3O/c1-6(4-9)5-11-8(12)3-7(2)10/h6-7H,3,5,10H2,1-2H3,(H,11,12). The van der Waals surface area contributed by atoms with E-state index in [0.29, 0.717) is 13.0 Å². The highest BCUT2D eigenvalue weighted by molar-refractivity contribution is 5.76. The summed E-state index contributed by atoms with van der Waals surface area (Å²) in [5.41, 5.74) is 5.41. The molecule has 0 rings (SSSR count). The van der Waals surface area contributed by atoms with E-state index in [9.17, 15) is 4.79 Å². The first-order chi connectivity index (χ1) is 5.56. The molecule has 0 bridgehead atoms. The van der Waals surface area contributed by atoms with Crippen molar-refractivity contribution in [2.45, 2.75) is 26.3 Å². The van der Waals surface area contributed by atoms with Crippen LogP contribution in [0.1, 0.15) is 20.3 Å². The van der Waals surface area contributed by atoms with Gasteiger partial charge < -0.3 is 11.1 Å². The van der Waals surface area contributed by atoms with Crippen molar-refractivity contribution in [1.29, 1.82) is 5.26 Å². The second kappa shape index (κ2) is 5.56. The second-order valence-corrected chi connectivity index (χ2v) is 3.02. The fourth-order valence-corrected chi connectivity index (χ4v) is 0.677. The van der Waals surface area contributed by atoms with Crippen molar-refractivity contribution >= 4 is 5.91 Å². The summed E-state index contributed by atoms with van der Waals surface area (Å²) in [6.45, 7) is 3.93. The quantitative estimate of drug-likeness (QED) is 0.621. The Balaban J connectivity index is 3.52. The zero-order valence-corrected chi connectivity index (χ0v) is 7.50. The fourth-order valence-electron chi connectivity index (χ4n) is 0.677. The highest BCUT2D eigenvalue weighted by Crippen LogP contribution is 1.90. The number of nitriles is 1. The molecule has 0 aromatic heterocycles. The lowest BCUT2D eigenvalue weighted by atomic mass is 10.2. The lowest BCUT2D eigenvalue weighted by Crippen LogP contribution is -2.32. The highest BCUT2D eigenvalue weighted by Gasteiger charge is 2.05. The third kappa shape index (κ3) is 5.69. The molecule has 2 atom stereocenters. The third-order valence-corrected chi connectivity index (χ3v) is 1.33. The van der Waals surface area contributed by atoms with Crippen LogP contribution in [0.5, 0.6) is 0 Å². The first-order valence-corrected chi connectivity index (χ1v) is 3.98. The van der Waals surface area contributed by atoms with E-state index in [2.05, 4.69) is 5.32 Å². The molecule has 0 aromatic carbocycles. The van der Waals surface area contributed by atoms with Crippen molar-refractivity contribution in [3.8, 4) is 6.07 Å². The molecule has 4 nitrogen and oxygen atoms in total. The molecule has 68 valence electrons. The number of rotatable bonds is 4. The topological polar surface area (TPSA) is 78.9 Å². The zero-order chi connectivity index (χ0) is 9.56. The summed E-state index contributed by atoms with van der Waals surface area (Å²) in [5.74, 6) is -0.228. The van der Waals surface area contributed by atoms with Crippen LogP contribution in [-0.4, -0.2) is 18.5 Å². The Hall–Kier alpha value is -1.08. The Labute approximate surface area is 72.7 Å². The number of hydrogen-bond donors (Lipinski definition) is 2. The van der Waals surface area contributed by atoms with Gasteiger partial charge in [0.25, 0.3) is 0 Å². The minimum Gasteiger partial charge on any atom is -0.355 e. The number of nitrogens with zero attached hydrogens (tertiary/aromatic N) is 1. The largest absolute Gasteiger partial charge is 0.355 e. The van der Waals surface area contributed by atoms with E-state index in [1.165, 1.54) is 0 Å². The minimum absolute atomic E-state index is 0.0906. The summed E-state index contributed by atoms with van der Waals surface area (Å²) < 4.78 is 0. The molecule has 0 saturated heterocycles. The number of amides is 1. The predicted molar refractivity (Wildman–Crippen MR) is 46.1 cm³/mol. The molecule has 4 heteroatoms. The van der Waals surface area contributed by atoms with Crippen LogP contribution in [0.2, 0.25) is 0 Å². The lowest BCUT2D eigenvalue weighted by Gasteiger charge is -2.07. The van der Waals surface area contributed by atoms with Crippen molar-refractivity contribution in [3.63, 3.8) is 0 Å². The predicted octanol–water partition coefficient (Wildman–Crippen LogP) is -0.000420. The van der Waals surface area contributed by atoms with E-state index in [1.54, 1.807) is 13.8 Å². The Morgan fingerprint density at radius 1 is 1.67 bits per heavy atom. The van der Waals surface area contributed by atoms with Gasteiger partial charge in [-0.3, -0.25) is 4.79 Å². The Kier molecular flexibility index (Phi) is 5.06. The van der Waals surface area contributed by atoms with Crippen molar-refractivity contribution in [2.24, 2.45) is 11.7 Å². The summed E-state index contributed by atoms with van der Waals surface area (Å²) >= 11 is 0. The van der Waals surface area contributed by atoms with Gasteiger partial charge in [-0.1, -0.05) is 0 Å². The summed E-state index contributed by atoms with van der Waals surface area (Å²) in [6.07, 6.45) is 0.318. The van der Waals surface area contributed by atoms with Crippen LogP contribution in [0, 0.1) is 17.2 Å². The molecule has 0 aliphatic heterocycles. The molecular formula is C8H15N3O. The molecule has 1 amide bonds. The van der Waals surface area contributed by atoms with Gasteiger partial charge in [-0.2, -0.15) is 5.26 Å². The molecule has 12 heavy (non-hydrogen) atoms. The van der Waals surface area contributed by atoms with Crippen molar-refractivity contribution in [2.75, 3.05) is 6.54 Å². The summed E-state index contributed by atoms with van der Waals surface area (Å²) in [7, 11) is 0. The van der Waals surface area contributed by atoms with Crippen molar-refractivity contribution < 1.29 is 4.79 Å². The van der Waals surface area contributed by atoms with Gasteiger partial charge in [-0.05, 0) is 13.8 Å². The van der Waals surface area contributed by atoms with Gasteiger partial charge in [0.15, 0.2) is 0 Å². The number of carbonyl (C=O) groups excluding carboxylic acids is 1. The van der Waals surface area contributed by atoms with Crippen LogP contribution in [0.3, 0.4) is 0 Å². The Morgan fingerprint density at radius 3 is 2.67 bits per heavy atom. The molecular weight excluding hydrogens is 154 g/mol. The summed E-state index contributed by atoms with van der Waals surface area (Å²) in [6, 6.07) is 1.90. The molecule has 0 aliphatic carbocycles. The van der Waals surface area contributed by atoms with E-state index >= 15 is 0 Å². The normalized spacial score (nSPS) is 14.5. The molecule has 0 radical (unpaired) electrons. The van der Waals surface area contributed by atoms with Crippen LogP contribution < -0.4 is 11.1 Å². The third-order valence-electron chi connectivity index (χ3n) is 1.33. The average Bonchev–Trinajstić information content (AvgIpc) is 1.99. The summed E-state index contributed by atoms with van der Waals surface area (Å²) in [5, 5.41) is 11.0. The van der Waals surface area contributed by atoms with E-state index in [0.717, 1.165) is 0 Å². The monoisotopic (exact) mass is 169 g/mol. The van der Waals surface area contributed by atoms with Crippen LogP contribution >= 0.6 is 0 Å². The van der Waals surface area contributed by atoms with Gasteiger partial charge in [0, 0.05) is 19.0 Å². The van der Waals surface area contributed by atoms with E-state index in [-0.39, 0.29) is 17.9 Å². The smallest absolute Gasteiger partial charge is 0.221 e. The Morgan fingerprint density at radius 2 is 2.25 bits per heavy atom. The second-order valence-electron chi connectivity index (χ2n) is 3.02. The zero-order valence-electron chi connectivity index (χ0n) is 7.50. The van der Waals surface area contributed by atoms with Gasteiger partial charge in [-0.25, -0.2) is 0 Å². The van der Waals surface area contributed by atoms with Crippen molar-refractivity contribution in [1.82, 2.24) is 5.32 Å². The Bertz CT molecular complexity index is 183. The first-order valence-electron chi connectivity index (χ1n) is 3.98. The molecule has 0 fully saturated rings. The number of carbonyl (C=O) groups is 1. The SMILES string of the molecule is CC(N)CC(=O)NCC(C)C#N. The van der Waals surface area contributed by atoms with Crippen LogP contribution in [-0.2, 0) is 4.79 Å². The first kappa shape index (κ1) is 10.9. The molecule has 0 aromatic rings. The number of hydrogen-bond acceptors (Lipinski definition) is 3. The number of nitrogens with two attached hydrogens (primary N) is 1. The minimum atomic E-state index is -0.137. The highest BCUT2D eigenvalue weighted by atomic mass is 16.1. The molecule has 2 unspecified atom stereocenters. The van der Waals surface area contributed by atoms with Gasteiger partial charge in [0.1, 0.15) is 0 Å². The lowest BCUT2D eigenvalue weighted by molar-refractivity contribution is -0.121. The molecule has 0 spiro atoms. The molecule has 0 saturated carbocycles. The van der Waals surface area contributed by atoms with Crippen molar-refractivity contribution in [3.05, 3.63) is 0 Å². The maximum absolute atomic E-state index is 11.0. The number of nitrogens with one attached hydrogen (secondary N) is 1. The molecule has 3 N–H and O–H groups in total. The van der Waals surface area contributed by atoms with E-state index in [4.69, 9.17) is 11.0 Å². The molecule has 0 aliphatic rings. The fraction of sp³-hybridized carbons (Fsp3) is 0.750. The average molecular weight is 169 g/mol. The van der Waals surface area contributed by atoms with Gasteiger partial charge in [0.05, 0.1) is 12.0 Å². The van der Waals surface area contributed by atoms with Gasteiger partial charge in [0.2, 0.25) is 5.91 Å². The maximum atomic E-state index is 11.0. The van der Waals surface area contributed by atoms with Gasteiger partial charge >= 0.3 is 0 Å². The summed E-state index contributed by atoms with van der Waals surface area (Å²) in [4.78, 5) is 11.0. The van der Waals surface area contributed by atoms with Crippen LogP contribution in [0.4, 0.5) is 0 Å². The van der Waals surface area contributed by atoms with E-state index in [1.807, 2.05) is 6.07 Å². The maximum Gasteiger partial charge on any atom is 0.221 e.